The van der Waals surface area contributed by atoms with Crippen molar-refractivity contribution < 1.29 is 19.1 Å². The van der Waals surface area contributed by atoms with E-state index in [9.17, 15) is 14.4 Å². The highest BCUT2D eigenvalue weighted by Crippen LogP contribution is 2.54. The molecule has 0 aliphatic carbocycles. The van der Waals surface area contributed by atoms with Crippen LogP contribution in [0, 0.1) is 6.92 Å². The summed E-state index contributed by atoms with van der Waals surface area (Å²) in [5.41, 5.74) is 3.26. The minimum atomic E-state index is -1.40. The van der Waals surface area contributed by atoms with E-state index in [1.807, 2.05) is 63.2 Å². The van der Waals surface area contributed by atoms with Gasteiger partial charge in [0.15, 0.2) is 5.17 Å². The Morgan fingerprint density at radius 1 is 1.15 bits per heavy atom. The van der Waals surface area contributed by atoms with Gasteiger partial charge in [-0.1, -0.05) is 29.8 Å². The van der Waals surface area contributed by atoms with Crippen molar-refractivity contribution in [2.45, 2.75) is 52.1 Å². The monoisotopic (exact) mass is 466 g/mol. The van der Waals surface area contributed by atoms with Gasteiger partial charge < -0.3 is 15.0 Å². The first kappa shape index (κ1) is 22.8. The van der Waals surface area contributed by atoms with Crippen LogP contribution in [-0.4, -0.2) is 34.0 Å². The van der Waals surface area contributed by atoms with Crippen LogP contribution < -0.4 is 15.0 Å². The maximum Gasteiger partial charge on any atom is 0.271 e. The minimum Gasteiger partial charge on any atom is -0.491 e. The van der Waals surface area contributed by atoms with Crippen LogP contribution in [-0.2, 0) is 25.8 Å². The third-order valence-electron chi connectivity index (χ3n) is 5.29. The number of carbonyl (C=O) groups excluding carboxylic acids is 3. The first-order valence-corrected chi connectivity index (χ1v) is 11.5. The normalized spacial score (nSPS) is 19.2. The molecule has 2 aromatic carbocycles. The number of rotatable bonds is 4. The van der Waals surface area contributed by atoms with Crippen LogP contribution in [0.15, 0.2) is 47.6 Å². The largest absolute Gasteiger partial charge is 0.491 e. The predicted octanol–water partition coefficient (Wildman–Crippen LogP) is 3.48. The second-order valence-electron chi connectivity index (χ2n) is 8.39. The average Bonchev–Trinajstić information content (AvgIpc) is 3.21. The number of anilines is 1. The summed E-state index contributed by atoms with van der Waals surface area (Å²) in [4.78, 5) is 38.5. The molecular weight excluding hydrogens is 440 g/mol. The van der Waals surface area contributed by atoms with Crippen molar-refractivity contribution >= 4 is 40.3 Å². The minimum absolute atomic E-state index is 0.0701. The molecule has 2 aliphatic heterocycles. The lowest BCUT2D eigenvalue weighted by Crippen LogP contribution is -2.48. The van der Waals surface area contributed by atoms with E-state index in [0.29, 0.717) is 17.8 Å². The maximum atomic E-state index is 14.0. The fraction of sp³-hybridized carbons (Fsp3) is 0.333. The summed E-state index contributed by atoms with van der Waals surface area (Å²) in [7, 11) is 0. The fourth-order valence-corrected chi connectivity index (χ4v) is 5.33. The maximum absolute atomic E-state index is 14.0. The number of nitrogens with zero attached hydrogens (tertiary/aromatic N) is 3. The van der Waals surface area contributed by atoms with Crippen molar-refractivity contribution in [2.75, 3.05) is 4.90 Å². The Morgan fingerprint density at radius 2 is 1.85 bits per heavy atom. The van der Waals surface area contributed by atoms with E-state index in [2.05, 4.69) is 10.4 Å². The van der Waals surface area contributed by atoms with Gasteiger partial charge in [0.1, 0.15) is 5.75 Å². The van der Waals surface area contributed by atoms with Gasteiger partial charge in [0, 0.05) is 19.4 Å². The van der Waals surface area contributed by atoms with Gasteiger partial charge in [-0.2, -0.15) is 5.01 Å². The summed E-state index contributed by atoms with van der Waals surface area (Å²) in [5.74, 6) is -0.232. The van der Waals surface area contributed by atoms with Crippen molar-refractivity contribution in [3.63, 3.8) is 0 Å². The number of amidine groups is 1. The third-order valence-corrected chi connectivity index (χ3v) is 6.53. The molecule has 0 unspecified atom stereocenters. The highest BCUT2D eigenvalue weighted by atomic mass is 32.2. The Bertz CT molecular complexity index is 1160. The van der Waals surface area contributed by atoms with Crippen LogP contribution in [0.5, 0.6) is 5.75 Å². The molecule has 0 bridgehead atoms. The number of benzene rings is 2. The number of nitrogens with one attached hydrogen (secondary N) is 1. The lowest BCUT2D eigenvalue weighted by molar-refractivity contribution is -0.139. The van der Waals surface area contributed by atoms with Crippen molar-refractivity contribution in [3.8, 4) is 5.75 Å². The van der Waals surface area contributed by atoms with Crippen molar-refractivity contribution in [3.05, 3.63) is 59.2 Å². The van der Waals surface area contributed by atoms with Gasteiger partial charge in [0.2, 0.25) is 16.7 Å². The van der Waals surface area contributed by atoms with Crippen LogP contribution >= 0.6 is 11.8 Å². The van der Waals surface area contributed by atoms with E-state index < -0.39 is 4.87 Å². The first-order chi connectivity index (χ1) is 15.6. The van der Waals surface area contributed by atoms with Gasteiger partial charge in [0.05, 0.1) is 18.3 Å². The standard InChI is InChI=1S/C24H26N4O4S/c1-14(2)32-19-9-7-18(8-10-19)13-27-21-11-6-15(3)12-20(21)24(22(27)31)28(17(5)30)26-23(33-24)25-16(4)29/h6-12,14H,13H2,1-5H3,(H,25,26,29)/t24-/m0/s1. The van der Waals surface area contributed by atoms with Gasteiger partial charge in [-0.15, -0.1) is 5.10 Å². The summed E-state index contributed by atoms with van der Waals surface area (Å²) in [6, 6.07) is 13.3. The number of hydrogen-bond acceptors (Lipinski definition) is 6. The third kappa shape index (κ3) is 4.08. The molecule has 33 heavy (non-hydrogen) atoms. The molecule has 2 aliphatic rings. The molecule has 4 rings (SSSR count). The quantitative estimate of drug-likeness (QED) is 0.745. The van der Waals surface area contributed by atoms with Crippen LogP contribution in [0.2, 0.25) is 0 Å². The van der Waals surface area contributed by atoms with Crippen molar-refractivity contribution in [1.82, 2.24) is 10.3 Å². The molecule has 1 spiro atoms. The molecule has 8 nitrogen and oxygen atoms in total. The van der Waals surface area contributed by atoms with E-state index in [1.165, 1.54) is 18.9 Å². The summed E-state index contributed by atoms with van der Waals surface area (Å²) < 4.78 is 5.71. The number of amides is 3. The molecule has 0 saturated heterocycles. The highest BCUT2D eigenvalue weighted by Gasteiger charge is 2.61. The molecule has 0 saturated carbocycles. The Labute approximate surface area is 197 Å². The van der Waals surface area contributed by atoms with E-state index in [1.54, 1.807) is 4.90 Å². The fourth-order valence-electron chi connectivity index (χ4n) is 4.01. The number of ether oxygens (including phenoxy) is 1. The number of fused-ring (bicyclic) bond motifs is 2. The second kappa shape index (κ2) is 8.55. The molecule has 1 N–H and O–H groups in total. The molecule has 0 aromatic heterocycles. The van der Waals surface area contributed by atoms with E-state index in [4.69, 9.17) is 4.74 Å². The van der Waals surface area contributed by atoms with Crippen LogP contribution in [0.25, 0.3) is 0 Å². The Kier molecular flexibility index (Phi) is 5.92. The van der Waals surface area contributed by atoms with Gasteiger partial charge in [-0.25, -0.2) is 0 Å². The van der Waals surface area contributed by atoms with Crippen molar-refractivity contribution in [1.29, 1.82) is 0 Å². The van der Waals surface area contributed by atoms with Gasteiger partial charge in [0.25, 0.3) is 5.91 Å². The molecule has 1 atom stereocenters. The topological polar surface area (TPSA) is 91.3 Å². The van der Waals surface area contributed by atoms with Gasteiger partial charge in [-0.05, 0) is 56.3 Å². The molecule has 0 fully saturated rings. The van der Waals surface area contributed by atoms with E-state index >= 15 is 0 Å². The SMILES string of the molecule is CC(=O)NC1=NN(C(C)=O)[C@@]2(S1)C(=O)N(Cc1ccc(OC(C)C)cc1)c1ccc(C)cc12. The number of hydrazone groups is 1. The van der Waals surface area contributed by atoms with Crippen molar-refractivity contribution in [2.24, 2.45) is 5.10 Å². The van der Waals surface area contributed by atoms with Gasteiger partial charge >= 0.3 is 0 Å². The molecular formula is C24H26N4O4S. The molecule has 0 radical (unpaired) electrons. The molecule has 9 heteroatoms. The number of aryl methyl sites for hydroxylation is 1. The number of carbonyl (C=O) groups is 3. The molecule has 2 heterocycles. The highest BCUT2D eigenvalue weighted by molar-refractivity contribution is 8.15. The van der Waals surface area contributed by atoms with Crippen LogP contribution in [0.4, 0.5) is 5.69 Å². The summed E-state index contributed by atoms with van der Waals surface area (Å²) >= 11 is 1.08. The predicted molar refractivity (Wildman–Crippen MR) is 128 cm³/mol. The second-order valence-corrected chi connectivity index (χ2v) is 9.57. The van der Waals surface area contributed by atoms with Gasteiger partial charge in [-0.3, -0.25) is 14.4 Å². The van der Waals surface area contributed by atoms with Crippen LogP contribution in [0.1, 0.15) is 44.4 Å². The zero-order valence-corrected chi connectivity index (χ0v) is 20.0. The first-order valence-electron chi connectivity index (χ1n) is 10.7. The molecule has 2 aromatic rings. The Hall–Kier alpha value is -3.33. The van der Waals surface area contributed by atoms with E-state index in [0.717, 1.165) is 28.6 Å². The summed E-state index contributed by atoms with van der Waals surface area (Å²) in [6.45, 7) is 8.91. The van der Waals surface area contributed by atoms with E-state index in [-0.39, 0.29) is 29.0 Å². The molecule has 3 amide bonds. The lowest BCUT2D eigenvalue weighted by Gasteiger charge is -2.29. The smallest absolute Gasteiger partial charge is 0.271 e. The Balaban J connectivity index is 1.73. The number of thioether (sulfide) groups is 1. The number of hydrogen-bond donors (Lipinski definition) is 1. The average molecular weight is 467 g/mol. The zero-order valence-electron chi connectivity index (χ0n) is 19.2. The zero-order chi connectivity index (χ0) is 23.9. The summed E-state index contributed by atoms with van der Waals surface area (Å²) in [5, 5.41) is 8.32. The molecule has 172 valence electrons. The summed E-state index contributed by atoms with van der Waals surface area (Å²) in [6.07, 6.45) is 0.0701. The van der Waals surface area contributed by atoms with Crippen LogP contribution in [0.3, 0.4) is 0 Å². The lowest BCUT2D eigenvalue weighted by atomic mass is 10.0. The Morgan fingerprint density at radius 3 is 2.45 bits per heavy atom.